The van der Waals surface area contributed by atoms with Crippen molar-refractivity contribution in [3.05, 3.63) is 0 Å². The molecule has 0 aromatic rings. The molecule has 0 amide bonds. The van der Waals surface area contributed by atoms with Crippen LogP contribution in [0.3, 0.4) is 0 Å². The highest BCUT2D eigenvalue weighted by atomic mass is 17.5. The minimum atomic E-state index is -0.789. The smallest absolute Gasteiger partial charge is 0.219 e. The lowest BCUT2D eigenvalue weighted by Gasteiger charge is -2.27. The zero-order chi connectivity index (χ0) is 10.6. The molecular weight excluding hydrogens is 196 g/mol. The molecule has 2 heterocycles. The lowest BCUT2D eigenvalue weighted by atomic mass is 10.1. The lowest BCUT2D eigenvalue weighted by Crippen LogP contribution is -2.46. The fourth-order valence-corrected chi connectivity index (χ4v) is 1.88. The molecule has 0 radical (unpaired) electrons. The van der Waals surface area contributed by atoms with Gasteiger partial charge in [-0.15, -0.1) is 0 Å². The van der Waals surface area contributed by atoms with Crippen LogP contribution in [-0.2, 0) is 19.6 Å². The quantitative estimate of drug-likeness (QED) is 0.355. The van der Waals surface area contributed by atoms with Crippen LogP contribution in [0.1, 0.15) is 58.3 Å². The number of rotatable bonds is 8. The van der Waals surface area contributed by atoms with Crippen LogP contribution >= 0.6 is 0 Å². The Morgan fingerprint density at radius 3 is 2.07 bits per heavy atom. The summed E-state index contributed by atoms with van der Waals surface area (Å²) in [5, 5.41) is 0. The third-order valence-electron chi connectivity index (χ3n) is 2.99. The van der Waals surface area contributed by atoms with E-state index in [4.69, 9.17) is 19.6 Å². The summed E-state index contributed by atoms with van der Waals surface area (Å²) in [4.78, 5) is 19.0. The van der Waals surface area contributed by atoms with Crippen LogP contribution in [-0.4, -0.2) is 12.1 Å². The van der Waals surface area contributed by atoms with Crippen molar-refractivity contribution >= 4 is 0 Å². The SMILES string of the molecule is CCCCCCCCCC1OOC12OO2. The lowest BCUT2D eigenvalue weighted by molar-refractivity contribution is -0.516. The molecule has 88 valence electrons. The molecule has 2 aliphatic rings. The Labute approximate surface area is 90.7 Å². The number of hydrogen-bond acceptors (Lipinski definition) is 4. The molecule has 0 N–H and O–H groups in total. The Bertz CT molecular complexity index is 191. The molecule has 2 aliphatic heterocycles. The van der Waals surface area contributed by atoms with Gasteiger partial charge in [-0.05, 0) is 6.42 Å². The van der Waals surface area contributed by atoms with E-state index in [-0.39, 0.29) is 6.10 Å². The highest BCUT2D eigenvalue weighted by Crippen LogP contribution is 2.46. The van der Waals surface area contributed by atoms with Crippen molar-refractivity contribution in [2.75, 3.05) is 0 Å². The second kappa shape index (κ2) is 5.25. The van der Waals surface area contributed by atoms with E-state index in [0.29, 0.717) is 0 Å². The van der Waals surface area contributed by atoms with Crippen LogP contribution < -0.4 is 0 Å². The van der Waals surface area contributed by atoms with Gasteiger partial charge in [0.1, 0.15) is 0 Å². The zero-order valence-electron chi connectivity index (χ0n) is 9.37. The van der Waals surface area contributed by atoms with Gasteiger partial charge in [-0.1, -0.05) is 51.9 Å². The summed E-state index contributed by atoms with van der Waals surface area (Å²) < 4.78 is 0. The molecule has 2 fully saturated rings. The van der Waals surface area contributed by atoms with Gasteiger partial charge < -0.3 is 0 Å². The molecule has 1 unspecified atom stereocenters. The van der Waals surface area contributed by atoms with Crippen molar-refractivity contribution in [1.82, 2.24) is 0 Å². The van der Waals surface area contributed by atoms with Crippen LogP contribution in [0.15, 0.2) is 0 Å². The van der Waals surface area contributed by atoms with Gasteiger partial charge in [0.05, 0.1) is 0 Å². The van der Waals surface area contributed by atoms with E-state index in [9.17, 15) is 0 Å². The Balaban J connectivity index is 1.39. The maximum absolute atomic E-state index is 4.90. The third-order valence-corrected chi connectivity index (χ3v) is 2.99. The summed E-state index contributed by atoms with van der Waals surface area (Å²) in [6, 6.07) is 0. The van der Waals surface area contributed by atoms with Crippen LogP contribution in [0.4, 0.5) is 0 Å². The van der Waals surface area contributed by atoms with Gasteiger partial charge in [-0.3, -0.25) is 0 Å². The Morgan fingerprint density at radius 2 is 1.53 bits per heavy atom. The second-order valence-corrected chi connectivity index (χ2v) is 4.35. The average Bonchev–Trinajstić information content (AvgIpc) is 3.02. The standard InChI is InChI=1S/C11H20O4/c1-2-3-4-5-6-7-8-9-10-11(13-12-10)14-15-11/h10H,2-9H2,1H3. The highest BCUT2D eigenvalue weighted by molar-refractivity contribution is 4.78. The number of hydrogen-bond donors (Lipinski definition) is 0. The van der Waals surface area contributed by atoms with Crippen LogP contribution in [0, 0.1) is 0 Å². The monoisotopic (exact) mass is 216 g/mol. The molecule has 4 heteroatoms. The van der Waals surface area contributed by atoms with Crippen LogP contribution in [0.2, 0.25) is 0 Å². The molecule has 0 saturated carbocycles. The van der Waals surface area contributed by atoms with Gasteiger partial charge in [0.15, 0.2) is 6.10 Å². The van der Waals surface area contributed by atoms with Crippen molar-refractivity contribution in [3.63, 3.8) is 0 Å². The summed E-state index contributed by atoms with van der Waals surface area (Å²) in [6.45, 7) is 2.24. The van der Waals surface area contributed by atoms with E-state index in [0.717, 1.165) is 12.8 Å². The van der Waals surface area contributed by atoms with E-state index < -0.39 is 5.97 Å². The summed E-state index contributed by atoms with van der Waals surface area (Å²) in [5.74, 6) is -0.789. The normalized spacial score (nSPS) is 26.6. The summed E-state index contributed by atoms with van der Waals surface area (Å²) >= 11 is 0. The van der Waals surface area contributed by atoms with E-state index in [1.165, 1.54) is 38.5 Å². The molecule has 1 spiro atoms. The molecule has 15 heavy (non-hydrogen) atoms. The third kappa shape index (κ3) is 2.91. The predicted molar refractivity (Wildman–Crippen MR) is 53.5 cm³/mol. The van der Waals surface area contributed by atoms with E-state index in [1.807, 2.05) is 0 Å². The molecule has 0 bridgehead atoms. The van der Waals surface area contributed by atoms with Gasteiger partial charge >= 0.3 is 5.97 Å². The predicted octanol–water partition coefficient (Wildman–Crippen LogP) is 3.07. The largest absolute Gasteiger partial charge is 0.394 e. The second-order valence-electron chi connectivity index (χ2n) is 4.35. The first kappa shape index (κ1) is 11.3. The number of unbranched alkanes of at least 4 members (excludes halogenated alkanes) is 6. The molecule has 4 nitrogen and oxygen atoms in total. The Morgan fingerprint density at radius 1 is 0.867 bits per heavy atom. The minimum Gasteiger partial charge on any atom is -0.219 e. The van der Waals surface area contributed by atoms with Crippen LogP contribution in [0.25, 0.3) is 0 Å². The Hall–Kier alpha value is -0.160. The first-order valence-corrected chi connectivity index (χ1v) is 6.09. The fraction of sp³-hybridized carbons (Fsp3) is 1.00. The maximum atomic E-state index is 4.90. The van der Waals surface area contributed by atoms with Gasteiger partial charge in [0.2, 0.25) is 0 Å². The van der Waals surface area contributed by atoms with Crippen molar-refractivity contribution in [2.45, 2.75) is 70.4 Å². The first-order chi connectivity index (χ1) is 7.37. The maximum Gasteiger partial charge on any atom is 0.394 e. The van der Waals surface area contributed by atoms with Crippen molar-refractivity contribution in [3.8, 4) is 0 Å². The molecule has 0 aromatic heterocycles. The van der Waals surface area contributed by atoms with Gasteiger partial charge in [-0.25, -0.2) is 4.89 Å². The van der Waals surface area contributed by atoms with Gasteiger partial charge in [0.25, 0.3) is 0 Å². The average molecular weight is 216 g/mol. The highest BCUT2D eigenvalue weighted by Gasteiger charge is 2.68. The van der Waals surface area contributed by atoms with Gasteiger partial charge in [0, 0.05) is 0 Å². The summed E-state index contributed by atoms with van der Waals surface area (Å²) in [7, 11) is 0. The van der Waals surface area contributed by atoms with E-state index in [1.54, 1.807) is 0 Å². The summed E-state index contributed by atoms with van der Waals surface area (Å²) in [5.41, 5.74) is 0. The Kier molecular flexibility index (Phi) is 3.97. The van der Waals surface area contributed by atoms with Crippen molar-refractivity contribution in [2.24, 2.45) is 0 Å². The minimum absolute atomic E-state index is 0.00635. The molecule has 0 aliphatic carbocycles. The molecule has 2 saturated heterocycles. The van der Waals surface area contributed by atoms with Crippen molar-refractivity contribution in [1.29, 1.82) is 0 Å². The van der Waals surface area contributed by atoms with E-state index in [2.05, 4.69) is 6.92 Å². The van der Waals surface area contributed by atoms with Crippen molar-refractivity contribution < 1.29 is 19.6 Å². The summed E-state index contributed by atoms with van der Waals surface area (Å²) in [6.07, 6.45) is 10.1. The topological polar surface area (TPSA) is 43.5 Å². The fourth-order valence-electron chi connectivity index (χ4n) is 1.88. The van der Waals surface area contributed by atoms with Crippen LogP contribution in [0.5, 0.6) is 0 Å². The zero-order valence-corrected chi connectivity index (χ0v) is 9.37. The molecular formula is C11H20O4. The molecule has 2 rings (SSSR count). The van der Waals surface area contributed by atoms with E-state index >= 15 is 0 Å². The van der Waals surface area contributed by atoms with Gasteiger partial charge in [-0.2, -0.15) is 14.7 Å². The first-order valence-electron chi connectivity index (χ1n) is 6.09. The molecule has 1 atom stereocenters. The molecule has 0 aromatic carbocycles.